The minimum absolute atomic E-state index is 0. The molecule has 5 heteroatoms. The van der Waals surface area contributed by atoms with Gasteiger partial charge in [-0.05, 0) is 50.5 Å². The number of allylic oxidation sites excluding steroid dienone is 1. The van der Waals surface area contributed by atoms with Gasteiger partial charge in [0.1, 0.15) is 0 Å². The van der Waals surface area contributed by atoms with E-state index in [9.17, 15) is 0 Å². The first kappa shape index (κ1) is 22.2. The second-order valence-electron chi connectivity index (χ2n) is 7.54. The molecular formula is C22H35IN4. The van der Waals surface area contributed by atoms with Crippen LogP contribution >= 0.6 is 24.0 Å². The van der Waals surface area contributed by atoms with Crippen LogP contribution in [-0.4, -0.2) is 43.6 Å². The van der Waals surface area contributed by atoms with Crippen molar-refractivity contribution in [2.75, 3.05) is 26.7 Å². The van der Waals surface area contributed by atoms with Crippen molar-refractivity contribution in [3.63, 3.8) is 0 Å². The molecule has 0 unspecified atom stereocenters. The molecule has 1 saturated heterocycles. The summed E-state index contributed by atoms with van der Waals surface area (Å²) in [6.07, 6.45) is 11.2. The van der Waals surface area contributed by atoms with E-state index in [0.717, 1.165) is 38.6 Å². The summed E-state index contributed by atoms with van der Waals surface area (Å²) >= 11 is 0. The van der Waals surface area contributed by atoms with Crippen LogP contribution in [0.15, 0.2) is 47.0 Å². The van der Waals surface area contributed by atoms with Gasteiger partial charge in [-0.15, -0.1) is 24.0 Å². The van der Waals surface area contributed by atoms with Crippen molar-refractivity contribution in [2.45, 2.75) is 57.5 Å². The third-order valence-electron chi connectivity index (χ3n) is 5.52. The van der Waals surface area contributed by atoms with Crippen molar-refractivity contribution < 1.29 is 0 Å². The first-order valence-corrected chi connectivity index (χ1v) is 10.2. The van der Waals surface area contributed by atoms with Gasteiger partial charge >= 0.3 is 0 Å². The second-order valence-corrected chi connectivity index (χ2v) is 7.54. The molecule has 150 valence electrons. The number of halogens is 1. The SMILES string of the molecule is CN=C(NCCC1=CCCCC1)NC1CCN(Cc2ccccc2)CC1.I. The number of nitrogens with one attached hydrogen (secondary N) is 2. The fraction of sp³-hybridized carbons (Fsp3) is 0.591. The minimum atomic E-state index is 0. The van der Waals surface area contributed by atoms with Gasteiger partial charge in [0.2, 0.25) is 0 Å². The Bertz CT molecular complexity index is 592. The number of likely N-dealkylation sites (tertiary alicyclic amines) is 1. The lowest BCUT2D eigenvalue weighted by Crippen LogP contribution is -2.48. The number of guanidine groups is 1. The molecule has 0 bridgehead atoms. The van der Waals surface area contributed by atoms with Crippen LogP contribution in [0.4, 0.5) is 0 Å². The highest BCUT2D eigenvalue weighted by Crippen LogP contribution is 2.19. The van der Waals surface area contributed by atoms with E-state index in [2.05, 4.69) is 56.9 Å². The highest BCUT2D eigenvalue weighted by atomic mass is 127. The number of piperidine rings is 1. The number of aliphatic imine (C=N–C) groups is 1. The Hall–Kier alpha value is -1.08. The van der Waals surface area contributed by atoms with Crippen molar-refractivity contribution in [3.8, 4) is 0 Å². The summed E-state index contributed by atoms with van der Waals surface area (Å²) < 4.78 is 0. The van der Waals surface area contributed by atoms with E-state index in [1.54, 1.807) is 5.57 Å². The van der Waals surface area contributed by atoms with Crippen LogP contribution in [0, 0.1) is 0 Å². The summed E-state index contributed by atoms with van der Waals surface area (Å²) in [6.45, 7) is 4.35. The van der Waals surface area contributed by atoms with Crippen molar-refractivity contribution >= 4 is 29.9 Å². The van der Waals surface area contributed by atoms with Crippen LogP contribution in [0.2, 0.25) is 0 Å². The van der Waals surface area contributed by atoms with Crippen molar-refractivity contribution in [2.24, 2.45) is 4.99 Å². The normalized spacial score (nSPS) is 19.1. The van der Waals surface area contributed by atoms with Crippen molar-refractivity contribution in [3.05, 3.63) is 47.5 Å². The zero-order valence-corrected chi connectivity index (χ0v) is 19.0. The summed E-state index contributed by atoms with van der Waals surface area (Å²) in [6, 6.07) is 11.3. The van der Waals surface area contributed by atoms with Crippen LogP contribution in [0.25, 0.3) is 0 Å². The number of nitrogens with zero attached hydrogens (tertiary/aromatic N) is 2. The Morgan fingerprint density at radius 3 is 2.59 bits per heavy atom. The molecule has 1 aromatic rings. The summed E-state index contributed by atoms with van der Waals surface area (Å²) in [5.74, 6) is 0.961. The van der Waals surface area contributed by atoms with E-state index in [1.807, 2.05) is 7.05 Å². The zero-order chi connectivity index (χ0) is 18.0. The molecule has 4 nitrogen and oxygen atoms in total. The van der Waals surface area contributed by atoms with Gasteiger partial charge in [0, 0.05) is 39.3 Å². The fourth-order valence-corrected chi connectivity index (χ4v) is 3.94. The van der Waals surface area contributed by atoms with E-state index < -0.39 is 0 Å². The topological polar surface area (TPSA) is 39.7 Å². The molecule has 1 aromatic carbocycles. The van der Waals surface area contributed by atoms with Gasteiger partial charge in [-0.25, -0.2) is 0 Å². The number of hydrogen-bond donors (Lipinski definition) is 2. The number of rotatable bonds is 6. The van der Waals surface area contributed by atoms with E-state index in [-0.39, 0.29) is 24.0 Å². The third kappa shape index (κ3) is 7.82. The van der Waals surface area contributed by atoms with Gasteiger partial charge in [-0.3, -0.25) is 9.89 Å². The largest absolute Gasteiger partial charge is 0.356 e. The molecule has 2 aliphatic rings. The molecular weight excluding hydrogens is 447 g/mol. The van der Waals surface area contributed by atoms with Crippen LogP contribution in [0.5, 0.6) is 0 Å². The van der Waals surface area contributed by atoms with E-state index in [0.29, 0.717) is 6.04 Å². The molecule has 27 heavy (non-hydrogen) atoms. The maximum absolute atomic E-state index is 4.41. The van der Waals surface area contributed by atoms with Gasteiger partial charge in [0.05, 0.1) is 0 Å². The molecule has 3 rings (SSSR count). The molecule has 0 amide bonds. The standard InChI is InChI=1S/C22H34N4.HI/c1-23-22(24-15-12-19-8-4-2-5-9-19)25-21-13-16-26(17-14-21)18-20-10-6-3-7-11-20;/h3,6-8,10-11,21H,2,4-5,9,12-18H2,1H3,(H2,23,24,25);1H. The molecule has 1 aliphatic heterocycles. The molecule has 0 spiro atoms. The first-order valence-electron chi connectivity index (χ1n) is 10.2. The lowest BCUT2D eigenvalue weighted by molar-refractivity contribution is 0.198. The van der Waals surface area contributed by atoms with Gasteiger partial charge in [0.15, 0.2) is 5.96 Å². The Balaban J connectivity index is 0.00000261. The average Bonchev–Trinajstić information content (AvgIpc) is 2.70. The zero-order valence-electron chi connectivity index (χ0n) is 16.6. The Labute approximate surface area is 181 Å². The average molecular weight is 482 g/mol. The highest BCUT2D eigenvalue weighted by molar-refractivity contribution is 14.0. The molecule has 2 N–H and O–H groups in total. The van der Waals surface area contributed by atoms with Gasteiger partial charge < -0.3 is 10.6 Å². The van der Waals surface area contributed by atoms with Crippen molar-refractivity contribution in [1.29, 1.82) is 0 Å². The Kier molecular flexibility index (Phi) is 10.2. The summed E-state index contributed by atoms with van der Waals surface area (Å²) in [5, 5.41) is 7.12. The number of hydrogen-bond acceptors (Lipinski definition) is 2. The third-order valence-corrected chi connectivity index (χ3v) is 5.52. The van der Waals surface area contributed by atoms with E-state index >= 15 is 0 Å². The molecule has 0 radical (unpaired) electrons. The molecule has 1 aliphatic carbocycles. The monoisotopic (exact) mass is 482 g/mol. The maximum atomic E-state index is 4.41. The predicted molar refractivity (Wildman–Crippen MR) is 126 cm³/mol. The minimum Gasteiger partial charge on any atom is -0.356 e. The molecule has 1 heterocycles. The fourth-order valence-electron chi connectivity index (χ4n) is 3.94. The van der Waals surface area contributed by atoms with E-state index in [1.165, 1.54) is 44.1 Å². The molecule has 0 aromatic heterocycles. The van der Waals surface area contributed by atoms with Crippen LogP contribution in [-0.2, 0) is 6.54 Å². The molecule has 1 fully saturated rings. The predicted octanol–water partition coefficient (Wildman–Crippen LogP) is 4.32. The lowest BCUT2D eigenvalue weighted by Gasteiger charge is -2.33. The molecule has 0 atom stereocenters. The van der Waals surface area contributed by atoms with E-state index in [4.69, 9.17) is 0 Å². The quantitative estimate of drug-likeness (QED) is 0.275. The lowest BCUT2D eigenvalue weighted by atomic mass is 9.97. The second kappa shape index (κ2) is 12.4. The Morgan fingerprint density at radius 1 is 1.15 bits per heavy atom. The van der Waals surface area contributed by atoms with Gasteiger partial charge in [0.25, 0.3) is 0 Å². The van der Waals surface area contributed by atoms with Crippen LogP contribution < -0.4 is 10.6 Å². The first-order chi connectivity index (χ1) is 12.8. The van der Waals surface area contributed by atoms with Crippen molar-refractivity contribution in [1.82, 2.24) is 15.5 Å². The van der Waals surface area contributed by atoms with Gasteiger partial charge in [-0.2, -0.15) is 0 Å². The summed E-state index contributed by atoms with van der Waals surface area (Å²) in [5.41, 5.74) is 3.03. The Morgan fingerprint density at radius 2 is 1.93 bits per heavy atom. The molecule has 0 saturated carbocycles. The smallest absolute Gasteiger partial charge is 0.191 e. The van der Waals surface area contributed by atoms with Crippen LogP contribution in [0.3, 0.4) is 0 Å². The van der Waals surface area contributed by atoms with Crippen LogP contribution in [0.1, 0.15) is 50.5 Å². The maximum Gasteiger partial charge on any atom is 0.191 e. The summed E-state index contributed by atoms with van der Waals surface area (Å²) in [4.78, 5) is 6.97. The number of benzene rings is 1. The summed E-state index contributed by atoms with van der Waals surface area (Å²) in [7, 11) is 1.87. The van der Waals surface area contributed by atoms with Gasteiger partial charge in [-0.1, -0.05) is 42.0 Å². The highest BCUT2D eigenvalue weighted by Gasteiger charge is 2.20.